The molecule has 0 saturated heterocycles. The molecule has 0 fully saturated rings. The molecule has 1 aromatic carbocycles. The molecule has 1 aromatic heterocycles. The Morgan fingerprint density at radius 1 is 1.17 bits per heavy atom. The third kappa shape index (κ3) is 7.33. The highest BCUT2D eigenvalue weighted by molar-refractivity contribution is 5.96. The smallest absolute Gasteiger partial charge is 0.330 e. The largest absolute Gasteiger partial charge is 0.383 e. The van der Waals surface area contributed by atoms with E-state index in [9.17, 15) is 19.2 Å². The minimum Gasteiger partial charge on any atom is -0.383 e. The van der Waals surface area contributed by atoms with Crippen LogP contribution >= 0.6 is 0 Å². The van der Waals surface area contributed by atoms with E-state index in [1.54, 1.807) is 4.90 Å². The Bertz CT molecular complexity index is 1170. The van der Waals surface area contributed by atoms with Gasteiger partial charge in [-0.25, -0.2) is 9.59 Å². The van der Waals surface area contributed by atoms with Gasteiger partial charge in [0.15, 0.2) is 0 Å². The number of urea groups is 1. The lowest BCUT2D eigenvalue weighted by molar-refractivity contribution is -0.118. The van der Waals surface area contributed by atoms with E-state index in [2.05, 4.69) is 21.7 Å². The second kappa shape index (κ2) is 12.6. The van der Waals surface area contributed by atoms with E-state index < -0.39 is 23.2 Å². The van der Waals surface area contributed by atoms with Gasteiger partial charge in [-0.3, -0.25) is 24.5 Å². The number of nitrogen functional groups attached to an aromatic ring is 1. The lowest BCUT2D eigenvalue weighted by Gasteiger charge is -2.26. The summed E-state index contributed by atoms with van der Waals surface area (Å²) in [5.74, 6) is -0.598. The number of allylic oxidation sites excluding steroid dienone is 1. The van der Waals surface area contributed by atoms with Gasteiger partial charge >= 0.3 is 11.7 Å². The standard InChI is InChI=1S/C25H34N6O4/c1-2-14-27-24(34)28-20(32)17-30(15-13-18-9-5-3-6-10-18)21-22(26)31(25(35)29-23(21)33)16-19-11-7-4-8-12-19/h4,7-9,11-12H,2-3,5-6,10,13-17,26H2,1H3,(H,29,33,35)(H2,27,28,32,34). The molecule has 0 spiro atoms. The second-order valence-electron chi connectivity index (χ2n) is 8.65. The molecule has 188 valence electrons. The molecule has 0 unspecified atom stereocenters. The molecule has 0 bridgehead atoms. The van der Waals surface area contributed by atoms with Crippen LogP contribution in [-0.2, 0) is 11.3 Å². The highest BCUT2D eigenvalue weighted by atomic mass is 16.2. The van der Waals surface area contributed by atoms with Crippen LogP contribution in [0.4, 0.5) is 16.3 Å². The van der Waals surface area contributed by atoms with Crippen LogP contribution < -0.4 is 32.5 Å². The van der Waals surface area contributed by atoms with Crippen LogP contribution in [0.2, 0.25) is 0 Å². The van der Waals surface area contributed by atoms with Crippen molar-refractivity contribution < 1.29 is 9.59 Å². The van der Waals surface area contributed by atoms with Gasteiger partial charge in [0.1, 0.15) is 11.5 Å². The Labute approximate surface area is 204 Å². The molecule has 10 nitrogen and oxygen atoms in total. The predicted octanol–water partition coefficient (Wildman–Crippen LogP) is 2.10. The lowest BCUT2D eigenvalue weighted by atomic mass is 9.97. The number of anilines is 2. The summed E-state index contributed by atoms with van der Waals surface area (Å²) in [6, 6.07) is 8.68. The van der Waals surface area contributed by atoms with Gasteiger partial charge in [-0.05, 0) is 44.1 Å². The highest BCUT2D eigenvalue weighted by Gasteiger charge is 2.22. The van der Waals surface area contributed by atoms with Crippen molar-refractivity contribution in [2.24, 2.45) is 0 Å². The summed E-state index contributed by atoms with van der Waals surface area (Å²) < 4.78 is 1.28. The first-order valence-electron chi connectivity index (χ1n) is 12.1. The third-order valence-corrected chi connectivity index (χ3v) is 5.92. The number of aromatic amines is 1. The average Bonchev–Trinajstić information content (AvgIpc) is 2.84. The zero-order valence-electron chi connectivity index (χ0n) is 20.1. The van der Waals surface area contributed by atoms with E-state index in [1.807, 2.05) is 37.3 Å². The molecule has 1 aliphatic rings. The lowest BCUT2D eigenvalue weighted by Crippen LogP contribution is -2.47. The van der Waals surface area contributed by atoms with Gasteiger partial charge in [0, 0.05) is 13.1 Å². The molecule has 0 radical (unpaired) electrons. The van der Waals surface area contributed by atoms with Crippen molar-refractivity contribution in [2.45, 2.75) is 52.0 Å². The molecule has 1 heterocycles. The molecule has 2 aromatic rings. The average molecular weight is 483 g/mol. The van der Waals surface area contributed by atoms with Crippen molar-refractivity contribution in [2.75, 3.05) is 30.3 Å². The number of amides is 3. The first-order chi connectivity index (χ1) is 16.9. The van der Waals surface area contributed by atoms with Crippen molar-refractivity contribution in [1.82, 2.24) is 20.2 Å². The zero-order chi connectivity index (χ0) is 25.2. The van der Waals surface area contributed by atoms with E-state index in [0.717, 1.165) is 37.7 Å². The number of imide groups is 1. The first-order valence-corrected chi connectivity index (χ1v) is 12.1. The van der Waals surface area contributed by atoms with Crippen LogP contribution in [0.25, 0.3) is 0 Å². The highest BCUT2D eigenvalue weighted by Crippen LogP contribution is 2.23. The van der Waals surface area contributed by atoms with Crippen LogP contribution in [0.5, 0.6) is 0 Å². The first kappa shape index (κ1) is 25.8. The Balaban J connectivity index is 1.90. The SMILES string of the molecule is CCCNC(=O)NC(=O)CN(CCC1=CCCCC1)c1c(N)n(Cc2ccccc2)c(=O)[nH]c1=O. The quantitative estimate of drug-likeness (QED) is 0.382. The van der Waals surface area contributed by atoms with E-state index in [4.69, 9.17) is 5.73 Å². The van der Waals surface area contributed by atoms with Gasteiger partial charge < -0.3 is 16.0 Å². The number of benzene rings is 1. The number of hydrogen-bond acceptors (Lipinski definition) is 6. The normalized spacial score (nSPS) is 13.1. The number of carbonyl (C=O) groups excluding carboxylic acids is 2. The Morgan fingerprint density at radius 3 is 2.63 bits per heavy atom. The predicted molar refractivity (Wildman–Crippen MR) is 136 cm³/mol. The molecule has 10 heteroatoms. The van der Waals surface area contributed by atoms with Gasteiger partial charge in [-0.15, -0.1) is 0 Å². The molecule has 3 rings (SSSR count). The number of nitrogens with two attached hydrogens (primary N) is 1. The summed E-state index contributed by atoms with van der Waals surface area (Å²) >= 11 is 0. The Kier molecular flexibility index (Phi) is 9.28. The molecule has 1 aliphatic carbocycles. The summed E-state index contributed by atoms with van der Waals surface area (Å²) in [4.78, 5) is 54.0. The minimum absolute atomic E-state index is 0.0246. The molecule has 0 aliphatic heterocycles. The molecule has 0 saturated carbocycles. The van der Waals surface area contributed by atoms with Crippen LogP contribution in [0, 0.1) is 0 Å². The maximum atomic E-state index is 12.9. The summed E-state index contributed by atoms with van der Waals surface area (Å²) in [5.41, 5.74) is 7.20. The van der Waals surface area contributed by atoms with Gasteiger partial charge in [0.05, 0.1) is 13.1 Å². The number of H-pyrrole nitrogens is 1. The van der Waals surface area contributed by atoms with Gasteiger partial charge in [-0.1, -0.05) is 48.9 Å². The zero-order valence-corrected chi connectivity index (χ0v) is 20.1. The summed E-state index contributed by atoms with van der Waals surface area (Å²) in [7, 11) is 0. The molecular formula is C25H34N6O4. The second-order valence-corrected chi connectivity index (χ2v) is 8.65. The van der Waals surface area contributed by atoms with Gasteiger partial charge in [-0.2, -0.15) is 0 Å². The number of hydrogen-bond donors (Lipinski definition) is 4. The Hall–Kier alpha value is -3.82. The Morgan fingerprint density at radius 2 is 1.94 bits per heavy atom. The summed E-state index contributed by atoms with van der Waals surface area (Å²) in [5, 5.41) is 4.88. The molecular weight excluding hydrogens is 448 g/mol. The molecule has 0 atom stereocenters. The number of rotatable bonds is 10. The van der Waals surface area contributed by atoms with Crippen LogP contribution in [0.15, 0.2) is 51.6 Å². The molecule has 5 N–H and O–H groups in total. The molecule has 3 amide bonds. The summed E-state index contributed by atoms with van der Waals surface area (Å²) in [6.07, 6.45) is 7.82. The van der Waals surface area contributed by atoms with E-state index in [-0.39, 0.29) is 24.6 Å². The summed E-state index contributed by atoms with van der Waals surface area (Å²) in [6.45, 7) is 2.59. The number of nitrogens with one attached hydrogen (secondary N) is 3. The van der Waals surface area contributed by atoms with Crippen molar-refractivity contribution in [3.05, 3.63) is 68.4 Å². The van der Waals surface area contributed by atoms with Crippen molar-refractivity contribution in [1.29, 1.82) is 0 Å². The molecule has 35 heavy (non-hydrogen) atoms. The van der Waals surface area contributed by atoms with E-state index in [1.165, 1.54) is 10.1 Å². The van der Waals surface area contributed by atoms with Crippen LogP contribution in [0.3, 0.4) is 0 Å². The number of aromatic nitrogens is 2. The van der Waals surface area contributed by atoms with Crippen LogP contribution in [-0.4, -0.2) is 41.1 Å². The maximum Gasteiger partial charge on any atom is 0.330 e. The van der Waals surface area contributed by atoms with E-state index in [0.29, 0.717) is 19.5 Å². The monoisotopic (exact) mass is 482 g/mol. The van der Waals surface area contributed by atoms with Crippen molar-refractivity contribution >= 4 is 23.4 Å². The number of nitrogens with zero attached hydrogens (tertiary/aromatic N) is 2. The topological polar surface area (TPSA) is 142 Å². The van der Waals surface area contributed by atoms with Gasteiger partial charge in [0.2, 0.25) is 5.91 Å². The fourth-order valence-corrected chi connectivity index (χ4v) is 4.11. The van der Waals surface area contributed by atoms with Crippen LogP contribution in [0.1, 0.15) is 51.0 Å². The van der Waals surface area contributed by atoms with E-state index >= 15 is 0 Å². The maximum absolute atomic E-state index is 12.9. The minimum atomic E-state index is -0.669. The fourth-order valence-electron chi connectivity index (χ4n) is 4.11. The van der Waals surface area contributed by atoms with Crippen molar-refractivity contribution in [3.8, 4) is 0 Å². The fraction of sp³-hybridized carbons (Fsp3) is 0.440. The van der Waals surface area contributed by atoms with Gasteiger partial charge in [0.25, 0.3) is 5.56 Å². The van der Waals surface area contributed by atoms with Crippen molar-refractivity contribution in [3.63, 3.8) is 0 Å². The number of carbonyl (C=O) groups is 2. The third-order valence-electron chi connectivity index (χ3n) is 5.92.